The SMILES string of the molecule is Cc1cccn2c(=O)c(C=C3SC(=S)N(Cc4ccccc4)C3=O)c(N3CC(C)OC(C)C3)nc12. The Morgan fingerprint density at radius 2 is 1.83 bits per heavy atom. The minimum atomic E-state index is -0.214. The highest BCUT2D eigenvalue weighted by molar-refractivity contribution is 8.26. The van der Waals surface area contributed by atoms with Crippen molar-refractivity contribution < 1.29 is 9.53 Å². The summed E-state index contributed by atoms with van der Waals surface area (Å²) in [7, 11) is 0. The zero-order valence-electron chi connectivity index (χ0n) is 19.8. The largest absolute Gasteiger partial charge is 0.372 e. The van der Waals surface area contributed by atoms with Crippen LogP contribution in [-0.2, 0) is 16.1 Å². The van der Waals surface area contributed by atoms with Crippen molar-refractivity contribution in [3.63, 3.8) is 0 Å². The van der Waals surface area contributed by atoms with Crippen LogP contribution in [0.15, 0.2) is 58.4 Å². The number of carbonyl (C=O) groups excluding carboxylic acids is 1. The molecule has 2 saturated heterocycles. The number of thiocarbonyl (C=S) groups is 1. The fourth-order valence-corrected chi connectivity index (χ4v) is 5.79. The van der Waals surface area contributed by atoms with Gasteiger partial charge in [0.05, 0.1) is 29.2 Å². The van der Waals surface area contributed by atoms with Crippen molar-refractivity contribution in [2.75, 3.05) is 18.0 Å². The second-order valence-electron chi connectivity index (χ2n) is 8.95. The predicted molar refractivity (Wildman–Crippen MR) is 144 cm³/mol. The molecule has 1 aromatic carbocycles. The van der Waals surface area contributed by atoms with Gasteiger partial charge in [0.1, 0.15) is 15.8 Å². The first-order valence-electron chi connectivity index (χ1n) is 11.5. The lowest BCUT2D eigenvalue weighted by Gasteiger charge is -2.36. The van der Waals surface area contributed by atoms with Crippen LogP contribution in [0.1, 0.15) is 30.5 Å². The first-order valence-corrected chi connectivity index (χ1v) is 12.8. The van der Waals surface area contributed by atoms with Crippen LogP contribution in [0.5, 0.6) is 0 Å². The van der Waals surface area contributed by atoms with E-state index in [1.54, 1.807) is 21.6 Å². The lowest BCUT2D eigenvalue weighted by Crippen LogP contribution is -2.46. The van der Waals surface area contributed by atoms with Crippen molar-refractivity contribution in [2.45, 2.75) is 39.5 Å². The molecule has 5 rings (SSSR count). The number of benzene rings is 1. The van der Waals surface area contributed by atoms with E-state index in [0.29, 0.717) is 45.9 Å². The number of fused-ring (bicyclic) bond motifs is 1. The molecule has 180 valence electrons. The van der Waals surface area contributed by atoms with Crippen LogP contribution in [0.2, 0.25) is 0 Å². The number of aromatic nitrogens is 2. The minimum absolute atomic E-state index is 0.00666. The van der Waals surface area contributed by atoms with Crippen molar-refractivity contribution in [1.29, 1.82) is 0 Å². The van der Waals surface area contributed by atoms with Crippen molar-refractivity contribution in [2.24, 2.45) is 0 Å². The summed E-state index contributed by atoms with van der Waals surface area (Å²) >= 11 is 6.75. The molecule has 0 radical (unpaired) electrons. The number of nitrogens with zero attached hydrogens (tertiary/aromatic N) is 4. The third-order valence-electron chi connectivity index (χ3n) is 6.12. The number of anilines is 1. The van der Waals surface area contributed by atoms with Gasteiger partial charge < -0.3 is 9.64 Å². The summed E-state index contributed by atoms with van der Waals surface area (Å²) in [5.74, 6) is 0.367. The van der Waals surface area contributed by atoms with E-state index >= 15 is 0 Å². The average molecular weight is 507 g/mol. The summed E-state index contributed by atoms with van der Waals surface area (Å²) in [6.07, 6.45) is 3.36. The Bertz CT molecular complexity index is 1390. The number of carbonyl (C=O) groups is 1. The monoisotopic (exact) mass is 506 g/mol. The molecule has 2 fully saturated rings. The Balaban J connectivity index is 1.60. The highest BCUT2D eigenvalue weighted by atomic mass is 32.2. The van der Waals surface area contributed by atoms with Crippen LogP contribution in [0.3, 0.4) is 0 Å². The number of pyridine rings is 1. The standard InChI is InChI=1S/C26H26N4O3S2/c1-16-8-7-11-29-22(16)27-23(28-13-17(2)33-18(3)14-28)20(24(29)31)12-21-25(32)30(26(34)35-21)15-19-9-5-4-6-10-19/h4-12,17-18H,13-15H2,1-3H3. The van der Waals surface area contributed by atoms with Crippen LogP contribution >= 0.6 is 24.0 Å². The summed E-state index contributed by atoms with van der Waals surface area (Å²) in [5.41, 5.74) is 2.67. The number of thioether (sulfide) groups is 1. The third kappa shape index (κ3) is 4.63. The molecule has 2 atom stereocenters. The van der Waals surface area contributed by atoms with E-state index in [1.807, 2.05) is 63.2 Å². The number of aryl methyl sites for hydroxylation is 1. The molecule has 0 bridgehead atoms. The molecule has 3 aromatic rings. The normalized spacial score (nSPS) is 22.0. The molecule has 1 amide bonds. The molecule has 0 saturated carbocycles. The number of hydrogen-bond acceptors (Lipinski definition) is 7. The van der Waals surface area contributed by atoms with Crippen LogP contribution in [0.4, 0.5) is 5.82 Å². The maximum absolute atomic E-state index is 13.7. The van der Waals surface area contributed by atoms with Crippen molar-refractivity contribution in [1.82, 2.24) is 14.3 Å². The fraction of sp³-hybridized carbons (Fsp3) is 0.308. The Morgan fingerprint density at radius 3 is 2.54 bits per heavy atom. The quantitative estimate of drug-likeness (QED) is 0.391. The van der Waals surface area contributed by atoms with Gasteiger partial charge in [0.15, 0.2) is 0 Å². The summed E-state index contributed by atoms with van der Waals surface area (Å²) in [5, 5.41) is 0. The minimum Gasteiger partial charge on any atom is -0.372 e. The van der Waals surface area contributed by atoms with Crippen molar-refractivity contribution >= 4 is 51.7 Å². The molecular weight excluding hydrogens is 480 g/mol. The van der Waals surface area contributed by atoms with Gasteiger partial charge in [-0.25, -0.2) is 4.98 Å². The van der Waals surface area contributed by atoms with Crippen molar-refractivity contribution in [3.8, 4) is 0 Å². The van der Waals surface area contributed by atoms with E-state index in [9.17, 15) is 9.59 Å². The molecule has 2 unspecified atom stereocenters. The zero-order chi connectivity index (χ0) is 24.7. The van der Waals surface area contributed by atoms with Gasteiger partial charge >= 0.3 is 0 Å². The zero-order valence-corrected chi connectivity index (χ0v) is 21.4. The molecule has 7 nitrogen and oxygen atoms in total. The van der Waals surface area contributed by atoms with E-state index in [4.69, 9.17) is 21.9 Å². The molecule has 2 aliphatic heterocycles. The molecule has 9 heteroatoms. The number of morpholine rings is 1. The van der Waals surface area contributed by atoms with Gasteiger partial charge in [-0.15, -0.1) is 0 Å². The molecule has 2 aliphatic rings. The fourth-order valence-electron chi connectivity index (χ4n) is 4.55. The molecule has 0 spiro atoms. The Morgan fingerprint density at radius 1 is 1.11 bits per heavy atom. The van der Waals surface area contributed by atoms with Gasteiger partial charge in [-0.1, -0.05) is 60.4 Å². The summed E-state index contributed by atoms with van der Waals surface area (Å²) in [6, 6.07) is 13.5. The second kappa shape index (κ2) is 9.56. The maximum atomic E-state index is 13.7. The van der Waals surface area contributed by atoms with E-state index in [2.05, 4.69) is 4.90 Å². The van der Waals surface area contributed by atoms with Gasteiger partial charge in [-0.3, -0.25) is 18.9 Å². The molecule has 0 N–H and O–H groups in total. The smallest absolute Gasteiger partial charge is 0.267 e. The number of hydrogen-bond donors (Lipinski definition) is 0. The topological polar surface area (TPSA) is 67.2 Å². The highest BCUT2D eigenvalue weighted by Crippen LogP contribution is 2.35. The number of ether oxygens (including phenoxy) is 1. The van der Waals surface area contributed by atoms with Gasteiger partial charge in [0.2, 0.25) is 0 Å². The third-order valence-corrected chi connectivity index (χ3v) is 7.49. The summed E-state index contributed by atoms with van der Waals surface area (Å²) < 4.78 is 7.93. The summed E-state index contributed by atoms with van der Waals surface area (Å²) in [6.45, 7) is 7.56. The Hall–Kier alpha value is -3.01. The van der Waals surface area contributed by atoms with Gasteiger partial charge in [-0.05, 0) is 44.0 Å². The van der Waals surface area contributed by atoms with Crippen LogP contribution in [0, 0.1) is 6.92 Å². The predicted octanol–water partition coefficient (Wildman–Crippen LogP) is 4.02. The molecule has 2 aromatic heterocycles. The van der Waals surface area contributed by atoms with Gasteiger partial charge in [0.25, 0.3) is 11.5 Å². The molecule has 35 heavy (non-hydrogen) atoms. The average Bonchev–Trinajstić information content (AvgIpc) is 3.08. The second-order valence-corrected chi connectivity index (χ2v) is 10.6. The van der Waals surface area contributed by atoms with E-state index < -0.39 is 0 Å². The van der Waals surface area contributed by atoms with Gasteiger partial charge in [0, 0.05) is 19.3 Å². The summed E-state index contributed by atoms with van der Waals surface area (Å²) in [4.78, 5) is 36.1. The first kappa shape index (κ1) is 23.7. The van der Waals surface area contributed by atoms with E-state index in [1.165, 1.54) is 11.8 Å². The van der Waals surface area contributed by atoms with E-state index in [-0.39, 0.29) is 23.7 Å². The molecule has 0 aliphatic carbocycles. The lowest BCUT2D eigenvalue weighted by molar-refractivity contribution is -0.122. The Kier molecular flexibility index (Phi) is 6.48. The highest BCUT2D eigenvalue weighted by Gasteiger charge is 2.33. The first-order chi connectivity index (χ1) is 16.8. The van der Waals surface area contributed by atoms with E-state index in [0.717, 1.165) is 11.1 Å². The van der Waals surface area contributed by atoms with Crippen LogP contribution in [0.25, 0.3) is 11.7 Å². The molecule has 4 heterocycles. The number of amides is 1. The van der Waals surface area contributed by atoms with Crippen LogP contribution < -0.4 is 10.5 Å². The van der Waals surface area contributed by atoms with Gasteiger partial charge in [-0.2, -0.15) is 0 Å². The molecular formula is C26H26N4O3S2. The lowest BCUT2D eigenvalue weighted by atomic mass is 10.1. The maximum Gasteiger partial charge on any atom is 0.267 e. The van der Waals surface area contributed by atoms with Crippen LogP contribution in [-0.4, -0.2) is 49.8 Å². The van der Waals surface area contributed by atoms with Crippen molar-refractivity contribution in [3.05, 3.63) is 80.6 Å². The Labute approximate surface area is 213 Å². The number of rotatable bonds is 4.